The van der Waals surface area contributed by atoms with E-state index in [1.807, 2.05) is 19.1 Å². The standard InChI is InChI=1S/C17H25FN2/c1-13(2)6-9-20-10-7-15(8-11-20)19-17-12-14(3)4-5-16(17)18/h4-6,12,15,19H,7-11H2,1-3H3. The second kappa shape index (κ2) is 6.89. The van der Waals surface area contributed by atoms with E-state index in [1.165, 1.54) is 5.57 Å². The number of likely N-dealkylation sites (tertiary alicyclic amines) is 1. The van der Waals surface area contributed by atoms with E-state index in [0.29, 0.717) is 11.7 Å². The van der Waals surface area contributed by atoms with Crippen LogP contribution in [0.3, 0.4) is 0 Å². The number of allylic oxidation sites excluding steroid dienone is 1. The lowest BCUT2D eigenvalue weighted by atomic mass is 10.0. The van der Waals surface area contributed by atoms with E-state index in [4.69, 9.17) is 0 Å². The summed E-state index contributed by atoms with van der Waals surface area (Å²) in [5.41, 5.74) is 3.11. The zero-order chi connectivity index (χ0) is 14.5. The zero-order valence-corrected chi connectivity index (χ0v) is 12.7. The van der Waals surface area contributed by atoms with Crippen molar-refractivity contribution in [3.63, 3.8) is 0 Å². The van der Waals surface area contributed by atoms with Crippen LogP contribution >= 0.6 is 0 Å². The molecule has 0 spiro atoms. The van der Waals surface area contributed by atoms with Gasteiger partial charge in [-0.05, 0) is 51.3 Å². The van der Waals surface area contributed by atoms with Gasteiger partial charge in [0.15, 0.2) is 0 Å². The van der Waals surface area contributed by atoms with E-state index in [0.717, 1.165) is 38.0 Å². The lowest BCUT2D eigenvalue weighted by molar-refractivity contribution is 0.239. The average Bonchev–Trinajstić information content (AvgIpc) is 2.42. The molecule has 0 saturated carbocycles. The Morgan fingerprint density at radius 2 is 2.05 bits per heavy atom. The van der Waals surface area contributed by atoms with E-state index in [-0.39, 0.29) is 5.82 Å². The highest BCUT2D eigenvalue weighted by Gasteiger charge is 2.19. The normalized spacial score (nSPS) is 17.0. The summed E-state index contributed by atoms with van der Waals surface area (Å²) in [5, 5.41) is 3.36. The predicted octanol–water partition coefficient (Wildman–Crippen LogP) is 3.98. The smallest absolute Gasteiger partial charge is 0.146 e. The molecule has 1 aromatic rings. The van der Waals surface area contributed by atoms with Gasteiger partial charge in [0, 0.05) is 25.7 Å². The van der Waals surface area contributed by atoms with Crippen LogP contribution in [0.5, 0.6) is 0 Å². The van der Waals surface area contributed by atoms with Crippen LogP contribution in [0.4, 0.5) is 10.1 Å². The van der Waals surface area contributed by atoms with E-state index < -0.39 is 0 Å². The molecule has 0 aromatic heterocycles. The summed E-state index contributed by atoms with van der Waals surface area (Å²) in [6.45, 7) is 9.45. The number of anilines is 1. The first-order valence-corrected chi connectivity index (χ1v) is 7.43. The van der Waals surface area contributed by atoms with Gasteiger partial charge in [0.25, 0.3) is 0 Å². The Morgan fingerprint density at radius 1 is 1.35 bits per heavy atom. The molecule has 2 rings (SSSR count). The number of piperidine rings is 1. The van der Waals surface area contributed by atoms with Crippen LogP contribution in [0.1, 0.15) is 32.3 Å². The van der Waals surface area contributed by atoms with Crippen molar-refractivity contribution in [3.8, 4) is 0 Å². The van der Waals surface area contributed by atoms with Gasteiger partial charge in [0.1, 0.15) is 5.82 Å². The zero-order valence-electron chi connectivity index (χ0n) is 12.7. The summed E-state index contributed by atoms with van der Waals surface area (Å²) in [7, 11) is 0. The number of hydrogen-bond acceptors (Lipinski definition) is 2. The maximum atomic E-state index is 13.7. The molecule has 1 saturated heterocycles. The van der Waals surface area contributed by atoms with Crippen LogP contribution in [0, 0.1) is 12.7 Å². The SMILES string of the molecule is CC(C)=CCN1CCC(Nc2cc(C)ccc2F)CC1. The lowest BCUT2D eigenvalue weighted by Gasteiger charge is -2.32. The first-order chi connectivity index (χ1) is 9.54. The molecule has 1 fully saturated rings. The first kappa shape index (κ1) is 15.0. The topological polar surface area (TPSA) is 15.3 Å². The van der Waals surface area contributed by atoms with Gasteiger partial charge in [0.05, 0.1) is 5.69 Å². The molecule has 1 aliphatic heterocycles. The van der Waals surface area contributed by atoms with Gasteiger partial charge in [-0.25, -0.2) is 4.39 Å². The molecule has 1 aliphatic rings. The molecule has 0 amide bonds. The number of nitrogens with zero attached hydrogens (tertiary/aromatic N) is 1. The Kier molecular flexibility index (Phi) is 5.18. The highest BCUT2D eigenvalue weighted by Crippen LogP contribution is 2.20. The van der Waals surface area contributed by atoms with Crippen LogP contribution in [0.25, 0.3) is 0 Å². The van der Waals surface area contributed by atoms with Crippen LogP contribution < -0.4 is 5.32 Å². The summed E-state index contributed by atoms with van der Waals surface area (Å²) in [6, 6.07) is 5.63. The van der Waals surface area contributed by atoms with Crippen molar-refractivity contribution >= 4 is 5.69 Å². The monoisotopic (exact) mass is 276 g/mol. The largest absolute Gasteiger partial charge is 0.380 e. The van der Waals surface area contributed by atoms with Crippen LogP contribution in [0.2, 0.25) is 0 Å². The molecule has 1 N–H and O–H groups in total. The van der Waals surface area contributed by atoms with Crippen molar-refractivity contribution in [1.82, 2.24) is 4.90 Å². The molecular weight excluding hydrogens is 251 g/mol. The summed E-state index contributed by atoms with van der Waals surface area (Å²) in [4.78, 5) is 2.46. The summed E-state index contributed by atoms with van der Waals surface area (Å²) >= 11 is 0. The summed E-state index contributed by atoms with van der Waals surface area (Å²) in [6.07, 6.45) is 4.42. The number of aryl methyl sites for hydroxylation is 1. The highest BCUT2D eigenvalue weighted by atomic mass is 19.1. The maximum absolute atomic E-state index is 13.7. The summed E-state index contributed by atoms with van der Waals surface area (Å²) in [5.74, 6) is -0.150. The molecule has 20 heavy (non-hydrogen) atoms. The van der Waals surface area contributed by atoms with Gasteiger partial charge in [0.2, 0.25) is 0 Å². The van der Waals surface area contributed by atoms with Crippen molar-refractivity contribution in [3.05, 3.63) is 41.2 Å². The third-order valence-electron chi connectivity index (χ3n) is 3.83. The second-order valence-corrected chi connectivity index (χ2v) is 5.98. The Bertz CT molecular complexity index is 470. The fourth-order valence-corrected chi connectivity index (χ4v) is 2.54. The van der Waals surface area contributed by atoms with Crippen molar-refractivity contribution in [2.24, 2.45) is 0 Å². The van der Waals surface area contributed by atoms with Crippen molar-refractivity contribution in [1.29, 1.82) is 0 Å². The minimum Gasteiger partial charge on any atom is -0.380 e. The third-order valence-corrected chi connectivity index (χ3v) is 3.83. The maximum Gasteiger partial charge on any atom is 0.146 e. The molecule has 0 aliphatic carbocycles. The molecule has 0 bridgehead atoms. The Balaban J connectivity index is 1.85. The number of nitrogens with one attached hydrogen (secondary N) is 1. The fourth-order valence-electron chi connectivity index (χ4n) is 2.54. The number of rotatable bonds is 4. The highest BCUT2D eigenvalue weighted by molar-refractivity contribution is 5.47. The Morgan fingerprint density at radius 3 is 2.70 bits per heavy atom. The number of hydrogen-bond donors (Lipinski definition) is 1. The van der Waals surface area contributed by atoms with Gasteiger partial charge < -0.3 is 5.32 Å². The molecular formula is C17H25FN2. The Labute approximate surface area is 121 Å². The molecule has 2 nitrogen and oxygen atoms in total. The van der Waals surface area contributed by atoms with Gasteiger partial charge >= 0.3 is 0 Å². The quantitative estimate of drug-likeness (QED) is 0.837. The molecule has 0 unspecified atom stereocenters. The molecule has 1 heterocycles. The minimum atomic E-state index is -0.150. The molecule has 0 radical (unpaired) electrons. The first-order valence-electron chi connectivity index (χ1n) is 7.43. The van der Waals surface area contributed by atoms with E-state index in [2.05, 4.69) is 30.1 Å². The predicted molar refractivity (Wildman–Crippen MR) is 83.7 cm³/mol. The van der Waals surface area contributed by atoms with E-state index in [9.17, 15) is 4.39 Å². The van der Waals surface area contributed by atoms with E-state index in [1.54, 1.807) is 6.07 Å². The van der Waals surface area contributed by atoms with Crippen LogP contribution in [0.15, 0.2) is 29.8 Å². The van der Waals surface area contributed by atoms with Gasteiger partial charge in [-0.15, -0.1) is 0 Å². The molecule has 3 heteroatoms. The van der Waals surface area contributed by atoms with Crippen molar-refractivity contribution in [2.75, 3.05) is 25.0 Å². The van der Waals surface area contributed by atoms with Crippen molar-refractivity contribution in [2.45, 2.75) is 39.7 Å². The molecule has 0 atom stereocenters. The van der Waals surface area contributed by atoms with E-state index >= 15 is 0 Å². The fraction of sp³-hybridized carbons (Fsp3) is 0.529. The van der Waals surface area contributed by atoms with Crippen molar-refractivity contribution < 1.29 is 4.39 Å². The second-order valence-electron chi connectivity index (χ2n) is 5.98. The number of benzene rings is 1. The van der Waals surface area contributed by atoms with Crippen LogP contribution in [-0.4, -0.2) is 30.6 Å². The summed E-state index contributed by atoms with van der Waals surface area (Å²) < 4.78 is 13.7. The molecule has 1 aromatic carbocycles. The molecule has 110 valence electrons. The van der Waals surface area contributed by atoms with Gasteiger partial charge in [-0.3, -0.25) is 4.90 Å². The lowest BCUT2D eigenvalue weighted by Crippen LogP contribution is -2.39. The third kappa shape index (κ3) is 4.34. The van der Waals surface area contributed by atoms with Crippen LogP contribution in [-0.2, 0) is 0 Å². The minimum absolute atomic E-state index is 0.150. The van der Waals surface area contributed by atoms with Gasteiger partial charge in [-0.1, -0.05) is 17.7 Å². The van der Waals surface area contributed by atoms with Gasteiger partial charge in [-0.2, -0.15) is 0 Å². The number of halogens is 1. The Hall–Kier alpha value is -1.35. The average molecular weight is 276 g/mol.